The van der Waals surface area contributed by atoms with Crippen LogP contribution in [0.15, 0.2) is 35.1 Å². The Morgan fingerprint density at radius 3 is 2.67 bits per heavy atom. The molecule has 0 aliphatic rings. The first-order valence-corrected chi connectivity index (χ1v) is 6.79. The van der Waals surface area contributed by atoms with E-state index < -0.39 is 0 Å². The molecule has 0 aliphatic carbocycles. The smallest absolute Gasteiger partial charge is 0.284 e. The van der Waals surface area contributed by atoms with Gasteiger partial charge in [0.25, 0.3) is 5.56 Å². The van der Waals surface area contributed by atoms with Gasteiger partial charge in [-0.2, -0.15) is 10.4 Å². The first-order valence-electron chi connectivity index (χ1n) is 6.79. The molecule has 5 heteroatoms. The maximum atomic E-state index is 12.1. The Labute approximate surface area is 123 Å². The molecular formula is C16H17N3O2. The fourth-order valence-electron chi connectivity index (χ4n) is 1.98. The van der Waals surface area contributed by atoms with Gasteiger partial charge in [0.1, 0.15) is 17.4 Å². The summed E-state index contributed by atoms with van der Waals surface area (Å²) in [5.41, 5.74) is 1.20. The highest BCUT2D eigenvalue weighted by atomic mass is 16.5. The van der Waals surface area contributed by atoms with E-state index in [1.54, 1.807) is 13.8 Å². The minimum atomic E-state index is -0.333. The molecule has 0 aliphatic heterocycles. The van der Waals surface area contributed by atoms with Crippen molar-refractivity contribution in [1.82, 2.24) is 9.78 Å². The largest absolute Gasteiger partial charge is 0.494 e. The monoisotopic (exact) mass is 283 g/mol. The average Bonchev–Trinajstić information content (AvgIpc) is 2.50. The highest BCUT2D eigenvalue weighted by molar-refractivity contribution is 5.36. The molecule has 5 nitrogen and oxygen atoms in total. The molecule has 0 unspecified atom stereocenters. The van der Waals surface area contributed by atoms with Crippen molar-refractivity contribution >= 4 is 0 Å². The third kappa shape index (κ3) is 3.48. The number of hydrogen-bond donors (Lipinski definition) is 0. The van der Waals surface area contributed by atoms with E-state index in [9.17, 15) is 4.79 Å². The van der Waals surface area contributed by atoms with E-state index in [0.29, 0.717) is 30.8 Å². The van der Waals surface area contributed by atoms with E-state index in [4.69, 9.17) is 10.00 Å². The number of nitrogens with zero attached hydrogens (tertiary/aromatic N) is 3. The zero-order valence-corrected chi connectivity index (χ0v) is 12.2. The minimum absolute atomic E-state index is 0.173. The summed E-state index contributed by atoms with van der Waals surface area (Å²) in [6, 6.07) is 11.5. The summed E-state index contributed by atoms with van der Waals surface area (Å²) in [5, 5.41) is 13.3. The van der Waals surface area contributed by atoms with Crippen molar-refractivity contribution in [3.05, 3.63) is 57.5 Å². The van der Waals surface area contributed by atoms with Crippen LogP contribution >= 0.6 is 0 Å². The summed E-state index contributed by atoms with van der Waals surface area (Å²) in [7, 11) is 0. The van der Waals surface area contributed by atoms with Gasteiger partial charge in [0, 0.05) is 13.0 Å². The second-order valence-corrected chi connectivity index (χ2v) is 4.74. The molecule has 21 heavy (non-hydrogen) atoms. The lowest BCUT2D eigenvalue weighted by Gasteiger charge is -2.09. The van der Waals surface area contributed by atoms with Crippen LogP contribution in [0.1, 0.15) is 23.2 Å². The van der Waals surface area contributed by atoms with Gasteiger partial charge in [0.2, 0.25) is 0 Å². The molecule has 0 fully saturated rings. The normalized spacial score (nSPS) is 10.1. The number of benzene rings is 1. The lowest BCUT2D eigenvalue weighted by Crippen LogP contribution is -2.28. The second kappa shape index (κ2) is 6.71. The van der Waals surface area contributed by atoms with Gasteiger partial charge in [0.15, 0.2) is 0 Å². The van der Waals surface area contributed by atoms with Crippen molar-refractivity contribution in [1.29, 1.82) is 5.26 Å². The van der Waals surface area contributed by atoms with Gasteiger partial charge in [-0.15, -0.1) is 0 Å². The molecule has 1 aromatic heterocycles. The number of para-hydroxylation sites is 1. The van der Waals surface area contributed by atoms with E-state index in [-0.39, 0.29) is 11.1 Å². The molecule has 1 heterocycles. The van der Waals surface area contributed by atoms with Gasteiger partial charge in [-0.05, 0) is 31.5 Å². The summed E-state index contributed by atoms with van der Waals surface area (Å²) in [6.07, 6.45) is 0.648. The molecule has 2 aromatic rings. The fraction of sp³-hybridized carbons (Fsp3) is 0.312. The van der Waals surface area contributed by atoms with Gasteiger partial charge >= 0.3 is 0 Å². The summed E-state index contributed by atoms with van der Waals surface area (Å²) in [5.74, 6) is 0.801. The predicted molar refractivity (Wildman–Crippen MR) is 79.2 cm³/mol. The molecule has 0 saturated heterocycles. The number of ether oxygens (including phenoxy) is 1. The number of aromatic nitrogens is 2. The standard InChI is InChI=1S/C16H17N3O2/c1-12-13(2)18-19(16(20)15(12)11-17)9-6-10-21-14-7-4-3-5-8-14/h3-5,7-8H,6,9-10H2,1-2H3. The van der Waals surface area contributed by atoms with Gasteiger partial charge in [-0.25, -0.2) is 4.68 Å². The van der Waals surface area contributed by atoms with E-state index in [1.807, 2.05) is 36.4 Å². The molecule has 108 valence electrons. The summed E-state index contributed by atoms with van der Waals surface area (Å²) >= 11 is 0. The maximum absolute atomic E-state index is 12.1. The molecule has 0 atom stereocenters. The minimum Gasteiger partial charge on any atom is -0.494 e. The zero-order valence-electron chi connectivity index (χ0n) is 12.2. The van der Waals surface area contributed by atoms with Crippen LogP contribution in [0.3, 0.4) is 0 Å². The van der Waals surface area contributed by atoms with Crippen LogP contribution < -0.4 is 10.3 Å². The molecular weight excluding hydrogens is 266 g/mol. The van der Waals surface area contributed by atoms with Gasteiger partial charge in [-0.1, -0.05) is 18.2 Å². The summed E-state index contributed by atoms with van der Waals surface area (Å²) in [4.78, 5) is 12.1. The van der Waals surface area contributed by atoms with Crippen LogP contribution in [0, 0.1) is 25.2 Å². The quantitative estimate of drug-likeness (QED) is 0.789. The Balaban J connectivity index is 2.00. The Morgan fingerprint density at radius 2 is 2.00 bits per heavy atom. The zero-order chi connectivity index (χ0) is 15.2. The first-order chi connectivity index (χ1) is 10.1. The lowest BCUT2D eigenvalue weighted by atomic mass is 10.1. The molecule has 2 rings (SSSR count). The third-order valence-corrected chi connectivity index (χ3v) is 3.27. The maximum Gasteiger partial charge on any atom is 0.284 e. The van der Waals surface area contributed by atoms with Gasteiger partial charge < -0.3 is 4.74 Å². The van der Waals surface area contributed by atoms with Gasteiger partial charge in [-0.3, -0.25) is 4.79 Å². The molecule has 0 amide bonds. The molecule has 0 spiro atoms. The summed E-state index contributed by atoms with van der Waals surface area (Å²) in [6.45, 7) is 4.46. The van der Waals surface area contributed by atoms with Crippen LogP contribution in [0.25, 0.3) is 0 Å². The van der Waals surface area contributed by atoms with E-state index in [2.05, 4.69) is 5.10 Å². The number of aryl methyl sites for hydroxylation is 2. The van der Waals surface area contributed by atoms with Crippen molar-refractivity contribution < 1.29 is 4.74 Å². The fourth-order valence-corrected chi connectivity index (χ4v) is 1.98. The van der Waals surface area contributed by atoms with Crippen LogP contribution in [-0.4, -0.2) is 16.4 Å². The van der Waals surface area contributed by atoms with Crippen LogP contribution in [0.4, 0.5) is 0 Å². The Hall–Kier alpha value is -2.61. The SMILES string of the molecule is Cc1nn(CCCOc2ccccc2)c(=O)c(C#N)c1C. The first kappa shape index (κ1) is 14.8. The van der Waals surface area contributed by atoms with Crippen LogP contribution in [-0.2, 0) is 6.54 Å². The highest BCUT2D eigenvalue weighted by Gasteiger charge is 2.10. The van der Waals surface area contributed by atoms with Crippen LogP contribution in [0.2, 0.25) is 0 Å². The Morgan fingerprint density at radius 1 is 1.29 bits per heavy atom. The van der Waals surface area contributed by atoms with Crippen molar-refractivity contribution in [2.45, 2.75) is 26.8 Å². The molecule has 0 N–H and O–H groups in total. The molecule has 0 radical (unpaired) electrons. The van der Waals surface area contributed by atoms with Crippen LogP contribution in [0.5, 0.6) is 5.75 Å². The van der Waals surface area contributed by atoms with Crippen molar-refractivity contribution in [3.8, 4) is 11.8 Å². The predicted octanol–water partition coefficient (Wildman–Crippen LogP) is 2.20. The number of rotatable bonds is 5. The second-order valence-electron chi connectivity index (χ2n) is 4.74. The Kier molecular flexibility index (Phi) is 4.72. The van der Waals surface area contributed by atoms with Crippen molar-refractivity contribution in [2.75, 3.05) is 6.61 Å². The lowest BCUT2D eigenvalue weighted by molar-refractivity contribution is 0.296. The summed E-state index contributed by atoms with van der Waals surface area (Å²) < 4.78 is 6.91. The van der Waals surface area contributed by atoms with Crippen molar-refractivity contribution in [2.24, 2.45) is 0 Å². The molecule has 0 saturated carbocycles. The van der Waals surface area contributed by atoms with E-state index >= 15 is 0 Å². The van der Waals surface area contributed by atoms with Gasteiger partial charge in [0.05, 0.1) is 12.3 Å². The number of hydrogen-bond acceptors (Lipinski definition) is 4. The topological polar surface area (TPSA) is 67.9 Å². The average molecular weight is 283 g/mol. The molecule has 1 aromatic carbocycles. The van der Waals surface area contributed by atoms with Crippen molar-refractivity contribution in [3.63, 3.8) is 0 Å². The molecule has 0 bridgehead atoms. The Bertz CT molecular complexity index is 715. The van der Waals surface area contributed by atoms with E-state index in [1.165, 1.54) is 4.68 Å². The van der Waals surface area contributed by atoms with E-state index in [0.717, 1.165) is 5.75 Å². The number of nitriles is 1. The highest BCUT2D eigenvalue weighted by Crippen LogP contribution is 2.09. The third-order valence-electron chi connectivity index (χ3n) is 3.27.